The predicted octanol–water partition coefficient (Wildman–Crippen LogP) is 2.80. The molecule has 0 spiro atoms. The first-order chi connectivity index (χ1) is 16.0. The molecular weight excluding hydrogens is 424 g/mol. The highest BCUT2D eigenvalue weighted by atomic mass is 16.5. The molecular formula is C25H22N2O6. The molecule has 2 aromatic carbocycles. The molecule has 1 heterocycles. The topological polar surface area (TPSA) is 102 Å². The Morgan fingerprint density at radius 1 is 0.970 bits per heavy atom. The number of carbonyl (C=O) groups is 4. The van der Waals surface area contributed by atoms with Crippen molar-refractivity contribution in [2.75, 3.05) is 23.9 Å². The van der Waals surface area contributed by atoms with Crippen LogP contribution in [0.15, 0.2) is 60.7 Å². The average Bonchev–Trinajstić information content (AvgIpc) is 3.51. The molecule has 0 unspecified atom stereocenters. The van der Waals surface area contributed by atoms with Gasteiger partial charge in [-0.25, -0.2) is 4.79 Å². The fraction of sp³-hybridized carbons (Fsp3) is 0.280. The second-order valence-corrected chi connectivity index (χ2v) is 8.38. The maximum absolute atomic E-state index is 12.9. The molecule has 2 bridgehead atoms. The largest absolute Gasteiger partial charge is 0.495 e. The first-order valence-corrected chi connectivity index (χ1v) is 10.7. The van der Waals surface area contributed by atoms with Gasteiger partial charge >= 0.3 is 5.97 Å². The molecule has 8 heteroatoms. The zero-order chi connectivity index (χ0) is 23.1. The summed E-state index contributed by atoms with van der Waals surface area (Å²) in [5.74, 6) is -1.34. The highest BCUT2D eigenvalue weighted by Crippen LogP contribution is 2.53. The van der Waals surface area contributed by atoms with Crippen LogP contribution in [0.5, 0.6) is 5.75 Å². The molecule has 3 amide bonds. The van der Waals surface area contributed by atoms with Crippen LogP contribution in [0.4, 0.5) is 11.4 Å². The molecule has 1 N–H and O–H groups in total. The number of hydrogen-bond acceptors (Lipinski definition) is 6. The summed E-state index contributed by atoms with van der Waals surface area (Å²) in [5.41, 5.74) is 1.12. The molecule has 1 aliphatic heterocycles. The molecule has 3 aliphatic rings. The van der Waals surface area contributed by atoms with Crippen LogP contribution >= 0.6 is 0 Å². The Morgan fingerprint density at radius 3 is 2.24 bits per heavy atom. The van der Waals surface area contributed by atoms with Crippen LogP contribution in [-0.2, 0) is 19.1 Å². The minimum Gasteiger partial charge on any atom is -0.495 e. The van der Waals surface area contributed by atoms with Crippen molar-refractivity contribution in [2.45, 2.75) is 6.42 Å². The van der Waals surface area contributed by atoms with Gasteiger partial charge in [-0.2, -0.15) is 0 Å². The average molecular weight is 446 g/mol. The molecule has 2 fully saturated rings. The van der Waals surface area contributed by atoms with E-state index >= 15 is 0 Å². The molecule has 0 aromatic heterocycles. The van der Waals surface area contributed by atoms with Crippen LogP contribution in [0.1, 0.15) is 16.8 Å². The second kappa shape index (κ2) is 8.20. The van der Waals surface area contributed by atoms with Crippen LogP contribution in [0.2, 0.25) is 0 Å². The van der Waals surface area contributed by atoms with Crippen LogP contribution in [0.3, 0.4) is 0 Å². The van der Waals surface area contributed by atoms with E-state index in [1.54, 1.807) is 36.4 Å². The van der Waals surface area contributed by atoms with E-state index < -0.39 is 18.5 Å². The number of esters is 1. The lowest BCUT2D eigenvalue weighted by atomic mass is 9.85. The van der Waals surface area contributed by atoms with Gasteiger partial charge in [-0.3, -0.25) is 19.3 Å². The number of carbonyl (C=O) groups excluding carboxylic acids is 4. The number of allylic oxidation sites excluding steroid dienone is 2. The van der Waals surface area contributed by atoms with E-state index in [1.165, 1.54) is 24.1 Å². The number of fused-ring (bicyclic) bond motifs is 5. The number of imide groups is 1. The van der Waals surface area contributed by atoms with Gasteiger partial charge in [0, 0.05) is 0 Å². The minimum atomic E-state index is -0.685. The van der Waals surface area contributed by atoms with Crippen molar-refractivity contribution in [1.82, 2.24) is 0 Å². The van der Waals surface area contributed by atoms with E-state index in [0.29, 0.717) is 17.1 Å². The number of rotatable bonds is 6. The molecule has 5 rings (SSSR count). The first kappa shape index (κ1) is 20.9. The summed E-state index contributed by atoms with van der Waals surface area (Å²) in [5, 5.41) is 2.63. The zero-order valence-electron chi connectivity index (χ0n) is 17.9. The summed E-state index contributed by atoms with van der Waals surface area (Å²) in [6.07, 6.45) is 4.96. The molecule has 1 saturated heterocycles. The Bertz CT molecular complexity index is 1140. The number of nitrogens with one attached hydrogen (secondary N) is 1. The van der Waals surface area contributed by atoms with E-state index in [2.05, 4.69) is 5.32 Å². The van der Waals surface area contributed by atoms with Crippen molar-refractivity contribution in [3.8, 4) is 5.75 Å². The standard InChI is InChI=1S/C25H22N2O6/c1-32-19-5-3-2-4-18(19)26-20(28)13-33-25(31)14-8-10-17(11-9-14)27-23(29)21-15-6-7-16(12-15)22(21)24(27)30/h2-11,15-16,21-22H,12-13H2,1H3,(H,26,28)/t15-,16-,21-,22+/m0/s1. The highest BCUT2D eigenvalue weighted by Gasteiger charge is 2.59. The molecule has 1 saturated carbocycles. The van der Waals surface area contributed by atoms with Crippen molar-refractivity contribution in [2.24, 2.45) is 23.7 Å². The van der Waals surface area contributed by atoms with Gasteiger partial charge in [0.1, 0.15) is 5.75 Å². The Labute approximate surface area is 190 Å². The van der Waals surface area contributed by atoms with Gasteiger partial charge in [-0.1, -0.05) is 24.3 Å². The number of ether oxygens (including phenoxy) is 2. The number of para-hydroxylation sites is 2. The van der Waals surface area contributed by atoms with Crippen molar-refractivity contribution >= 4 is 35.1 Å². The molecule has 2 aromatic rings. The van der Waals surface area contributed by atoms with Crippen LogP contribution < -0.4 is 15.0 Å². The lowest BCUT2D eigenvalue weighted by Crippen LogP contribution is -2.32. The van der Waals surface area contributed by atoms with E-state index in [4.69, 9.17) is 9.47 Å². The Kier molecular flexibility index (Phi) is 5.20. The Hall–Kier alpha value is -3.94. The number of anilines is 2. The first-order valence-electron chi connectivity index (χ1n) is 10.7. The fourth-order valence-corrected chi connectivity index (χ4v) is 5.05. The number of benzene rings is 2. The van der Waals surface area contributed by atoms with Gasteiger partial charge in [0.15, 0.2) is 6.61 Å². The van der Waals surface area contributed by atoms with Crippen molar-refractivity contribution in [3.63, 3.8) is 0 Å². The fourth-order valence-electron chi connectivity index (χ4n) is 5.05. The Balaban J connectivity index is 1.20. The minimum absolute atomic E-state index is 0.137. The lowest BCUT2D eigenvalue weighted by molar-refractivity contribution is -0.123. The highest BCUT2D eigenvalue weighted by molar-refractivity contribution is 6.22. The van der Waals surface area contributed by atoms with Crippen molar-refractivity contribution in [3.05, 3.63) is 66.2 Å². The molecule has 8 nitrogen and oxygen atoms in total. The summed E-state index contributed by atoms with van der Waals surface area (Å²) in [6, 6.07) is 13.0. The lowest BCUT2D eigenvalue weighted by Gasteiger charge is -2.17. The summed E-state index contributed by atoms with van der Waals surface area (Å²) >= 11 is 0. The zero-order valence-corrected chi connectivity index (χ0v) is 17.9. The van der Waals surface area contributed by atoms with E-state index in [0.717, 1.165) is 6.42 Å². The maximum atomic E-state index is 12.9. The molecule has 4 atom stereocenters. The van der Waals surface area contributed by atoms with Crippen molar-refractivity contribution in [1.29, 1.82) is 0 Å². The number of amides is 3. The van der Waals surface area contributed by atoms with Crippen molar-refractivity contribution < 1.29 is 28.7 Å². The van der Waals surface area contributed by atoms with E-state index in [-0.39, 0.29) is 41.0 Å². The number of nitrogens with zero attached hydrogens (tertiary/aromatic N) is 1. The monoisotopic (exact) mass is 446 g/mol. The van der Waals surface area contributed by atoms with Gasteiger partial charge < -0.3 is 14.8 Å². The number of methoxy groups -OCH3 is 1. The van der Waals surface area contributed by atoms with Gasteiger partial charge in [-0.05, 0) is 54.7 Å². The van der Waals surface area contributed by atoms with E-state index in [1.807, 2.05) is 12.2 Å². The summed E-state index contributed by atoms with van der Waals surface area (Å²) in [4.78, 5) is 51.5. The molecule has 2 aliphatic carbocycles. The summed E-state index contributed by atoms with van der Waals surface area (Å²) in [6.45, 7) is -0.471. The number of hydrogen-bond donors (Lipinski definition) is 1. The summed E-state index contributed by atoms with van der Waals surface area (Å²) < 4.78 is 10.3. The third-order valence-electron chi connectivity index (χ3n) is 6.55. The smallest absolute Gasteiger partial charge is 0.338 e. The SMILES string of the molecule is COc1ccccc1NC(=O)COC(=O)c1ccc(N2C(=O)[C@@H]3[C@H](C2=O)[C@H]2C=C[C@H]3C2)cc1. The van der Waals surface area contributed by atoms with Gasteiger partial charge in [0.2, 0.25) is 11.8 Å². The molecule has 168 valence electrons. The van der Waals surface area contributed by atoms with Crippen LogP contribution in [0, 0.1) is 23.7 Å². The normalized spacial score (nSPS) is 24.7. The second-order valence-electron chi connectivity index (χ2n) is 8.38. The van der Waals surface area contributed by atoms with Crippen LogP contribution in [-0.4, -0.2) is 37.4 Å². The molecule has 0 radical (unpaired) electrons. The third kappa shape index (κ3) is 3.57. The van der Waals surface area contributed by atoms with E-state index in [9.17, 15) is 19.2 Å². The summed E-state index contributed by atoms with van der Waals surface area (Å²) in [7, 11) is 1.49. The Morgan fingerprint density at radius 2 is 1.61 bits per heavy atom. The molecule has 33 heavy (non-hydrogen) atoms. The van der Waals surface area contributed by atoms with Crippen LogP contribution in [0.25, 0.3) is 0 Å². The quantitative estimate of drug-likeness (QED) is 0.416. The van der Waals surface area contributed by atoms with Gasteiger partial charge in [0.05, 0.1) is 35.9 Å². The third-order valence-corrected chi connectivity index (χ3v) is 6.55. The van der Waals surface area contributed by atoms with Gasteiger partial charge in [-0.15, -0.1) is 0 Å². The predicted molar refractivity (Wildman–Crippen MR) is 119 cm³/mol. The van der Waals surface area contributed by atoms with Gasteiger partial charge in [0.25, 0.3) is 5.91 Å². The maximum Gasteiger partial charge on any atom is 0.338 e.